The number of pyridine rings is 1. The average Bonchev–Trinajstić information content (AvgIpc) is 3.10. The Bertz CT molecular complexity index is 1060. The smallest absolute Gasteiger partial charge is 0.248 e. The second-order valence-electron chi connectivity index (χ2n) is 8.51. The molecule has 3 aliphatic rings. The number of allylic oxidation sites excluding steroid dienone is 1. The Morgan fingerprint density at radius 2 is 1.97 bits per heavy atom. The maximum Gasteiger partial charge on any atom is 0.248 e. The number of carbonyl (C=O) groups excluding carboxylic acids is 1. The zero-order valence-electron chi connectivity index (χ0n) is 17.7. The predicted octanol–water partition coefficient (Wildman–Crippen LogP) is 3.16. The van der Waals surface area contributed by atoms with Gasteiger partial charge < -0.3 is 10.1 Å². The number of benzene rings is 1. The van der Waals surface area contributed by atoms with Crippen LogP contribution in [-0.2, 0) is 16.1 Å². The lowest BCUT2D eigenvalue weighted by atomic mass is 10.0. The molecule has 6 nitrogen and oxygen atoms in total. The van der Waals surface area contributed by atoms with Gasteiger partial charge in [-0.3, -0.25) is 14.7 Å². The summed E-state index contributed by atoms with van der Waals surface area (Å²) in [6.07, 6.45) is 14.2. The number of carbonyl (C=O) groups is 1. The van der Waals surface area contributed by atoms with Crippen molar-refractivity contribution in [3.05, 3.63) is 71.7 Å². The van der Waals surface area contributed by atoms with Gasteiger partial charge in [0.1, 0.15) is 12.6 Å². The molecule has 158 valence electrons. The molecule has 2 bridgehead atoms. The van der Waals surface area contributed by atoms with Crippen LogP contribution in [-0.4, -0.2) is 58.9 Å². The molecule has 1 aromatic carbocycles. The first kappa shape index (κ1) is 19.8. The summed E-state index contributed by atoms with van der Waals surface area (Å²) in [5.41, 5.74) is 5.17. The normalized spacial score (nSPS) is 22.7. The number of hydrogen-bond acceptors (Lipinski definition) is 4. The molecular formula is C25H27N4O2+. The molecule has 31 heavy (non-hydrogen) atoms. The Labute approximate surface area is 182 Å². The number of hydrogen-bond donors (Lipinski definition) is 1. The predicted molar refractivity (Wildman–Crippen MR) is 122 cm³/mol. The summed E-state index contributed by atoms with van der Waals surface area (Å²) in [5.74, 6) is -0.156. The Morgan fingerprint density at radius 1 is 1.23 bits per heavy atom. The van der Waals surface area contributed by atoms with Crippen LogP contribution in [0.3, 0.4) is 0 Å². The number of nitrogens with zero attached hydrogens (tertiary/aromatic N) is 3. The number of rotatable bonds is 6. The molecular weight excluding hydrogens is 388 g/mol. The van der Waals surface area contributed by atoms with Gasteiger partial charge >= 0.3 is 0 Å². The zero-order valence-corrected chi connectivity index (χ0v) is 17.7. The van der Waals surface area contributed by atoms with Crippen LogP contribution in [0.4, 0.5) is 5.69 Å². The van der Waals surface area contributed by atoms with Gasteiger partial charge in [-0.05, 0) is 42.7 Å². The first-order chi connectivity index (χ1) is 15.1. The first-order valence-corrected chi connectivity index (χ1v) is 10.8. The lowest BCUT2D eigenvalue weighted by Gasteiger charge is -2.32. The SMILES string of the molecule is C[N+]1=CC(c2ccncc2/C=C/C(=O)Nc2ccc(CN3CC4CCC(C3)O4)cc2)=C1. The molecule has 4 heterocycles. The zero-order chi connectivity index (χ0) is 21.2. The lowest BCUT2D eigenvalue weighted by molar-refractivity contribution is -0.423. The van der Waals surface area contributed by atoms with Crippen molar-refractivity contribution in [1.82, 2.24) is 9.88 Å². The monoisotopic (exact) mass is 415 g/mol. The number of likely N-dealkylation sites (tertiary alicyclic amines) is 1. The molecule has 0 spiro atoms. The van der Waals surface area contributed by atoms with Crippen LogP contribution in [0.1, 0.15) is 29.5 Å². The van der Waals surface area contributed by atoms with E-state index in [2.05, 4.69) is 39.7 Å². The van der Waals surface area contributed by atoms with E-state index in [9.17, 15) is 4.79 Å². The van der Waals surface area contributed by atoms with Gasteiger partial charge in [0.25, 0.3) is 0 Å². The van der Waals surface area contributed by atoms with Gasteiger partial charge in [-0.2, -0.15) is 0 Å². The largest absolute Gasteiger partial charge is 0.372 e. The lowest BCUT2D eigenvalue weighted by Crippen LogP contribution is -2.41. The fraction of sp³-hybridized carbons (Fsp3) is 0.320. The standard InChI is InChI=1S/C25H26N4O2/c1-28-14-20(15-28)24-10-11-26-12-19(24)4-9-25(30)27-21-5-2-18(3-6-21)13-29-16-22-7-8-23(17-29)31-22/h2-6,9-12,14-15,22-23H,7-8,13,16-17H2,1H3/p+1/b9-4+. The van der Waals surface area contributed by atoms with Crippen molar-refractivity contribution < 1.29 is 14.1 Å². The van der Waals surface area contributed by atoms with Crippen LogP contribution in [0.5, 0.6) is 0 Å². The van der Waals surface area contributed by atoms with Gasteiger partial charge in [-0.25, -0.2) is 4.58 Å². The summed E-state index contributed by atoms with van der Waals surface area (Å²) in [7, 11) is 1.99. The maximum atomic E-state index is 12.4. The molecule has 5 rings (SSSR count). The molecule has 1 aromatic heterocycles. The van der Waals surface area contributed by atoms with Crippen LogP contribution in [0, 0.1) is 0 Å². The first-order valence-electron chi connectivity index (χ1n) is 10.8. The van der Waals surface area contributed by atoms with Gasteiger partial charge in [-0.15, -0.1) is 0 Å². The molecule has 0 aliphatic carbocycles. The second-order valence-corrected chi connectivity index (χ2v) is 8.51. The fourth-order valence-corrected chi connectivity index (χ4v) is 4.50. The van der Waals surface area contributed by atoms with Crippen molar-refractivity contribution in [3.8, 4) is 0 Å². The van der Waals surface area contributed by atoms with Crippen molar-refractivity contribution in [3.63, 3.8) is 0 Å². The molecule has 0 radical (unpaired) electrons. The number of amides is 1. The molecule has 1 N–H and O–H groups in total. The highest BCUT2D eigenvalue weighted by atomic mass is 16.5. The van der Waals surface area contributed by atoms with Gasteiger partial charge in [0, 0.05) is 54.9 Å². The molecule has 1 amide bonds. The second kappa shape index (κ2) is 8.57. The van der Waals surface area contributed by atoms with E-state index in [-0.39, 0.29) is 5.91 Å². The molecule has 2 atom stereocenters. The van der Waals surface area contributed by atoms with Crippen molar-refractivity contribution in [2.45, 2.75) is 31.6 Å². The Kier molecular flexibility index (Phi) is 5.49. The maximum absolute atomic E-state index is 12.4. The highest BCUT2D eigenvalue weighted by Gasteiger charge is 2.33. The summed E-state index contributed by atoms with van der Waals surface area (Å²) in [6.45, 7) is 2.96. The average molecular weight is 416 g/mol. The highest BCUT2D eigenvalue weighted by Crippen LogP contribution is 2.27. The number of ether oxygens (including phenoxy) is 1. The molecule has 2 fully saturated rings. The third-order valence-corrected chi connectivity index (χ3v) is 6.01. The topological polar surface area (TPSA) is 57.5 Å². The van der Waals surface area contributed by atoms with E-state index in [1.54, 1.807) is 18.5 Å². The molecule has 3 aliphatic heterocycles. The van der Waals surface area contributed by atoms with Crippen LogP contribution < -0.4 is 5.32 Å². The third-order valence-electron chi connectivity index (χ3n) is 6.01. The Morgan fingerprint density at radius 3 is 2.68 bits per heavy atom. The van der Waals surface area contributed by atoms with E-state index in [1.807, 2.05) is 35.9 Å². The van der Waals surface area contributed by atoms with Crippen molar-refractivity contribution >= 4 is 29.5 Å². The molecule has 0 saturated carbocycles. The van der Waals surface area contributed by atoms with E-state index >= 15 is 0 Å². The van der Waals surface area contributed by atoms with E-state index < -0.39 is 0 Å². The van der Waals surface area contributed by atoms with Crippen LogP contribution in [0.25, 0.3) is 11.6 Å². The van der Waals surface area contributed by atoms with Gasteiger partial charge in [0.15, 0.2) is 12.4 Å². The molecule has 2 unspecified atom stereocenters. The van der Waals surface area contributed by atoms with E-state index in [0.717, 1.165) is 42.0 Å². The van der Waals surface area contributed by atoms with Crippen molar-refractivity contribution in [1.29, 1.82) is 0 Å². The summed E-state index contributed by atoms with van der Waals surface area (Å²) < 4.78 is 7.91. The van der Waals surface area contributed by atoms with E-state index in [4.69, 9.17) is 4.74 Å². The highest BCUT2D eigenvalue weighted by molar-refractivity contribution is 6.11. The Hall–Kier alpha value is -3.09. The summed E-state index contributed by atoms with van der Waals surface area (Å²) in [4.78, 5) is 19.1. The number of morpholine rings is 1. The quantitative estimate of drug-likeness (QED) is 0.582. The molecule has 2 saturated heterocycles. The number of nitrogens with one attached hydrogen (secondary N) is 1. The fourth-order valence-electron chi connectivity index (χ4n) is 4.50. The van der Waals surface area contributed by atoms with Gasteiger partial charge in [0.05, 0.1) is 12.2 Å². The van der Waals surface area contributed by atoms with Gasteiger partial charge in [0.2, 0.25) is 5.91 Å². The molecule has 6 heteroatoms. The number of anilines is 1. The minimum atomic E-state index is -0.156. The summed E-state index contributed by atoms with van der Waals surface area (Å²) in [5, 5.41) is 2.94. The van der Waals surface area contributed by atoms with Gasteiger partial charge in [-0.1, -0.05) is 12.1 Å². The minimum Gasteiger partial charge on any atom is -0.372 e. The van der Waals surface area contributed by atoms with Crippen LogP contribution >= 0.6 is 0 Å². The summed E-state index contributed by atoms with van der Waals surface area (Å²) in [6, 6.07) is 10.1. The summed E-state index contributed by atoms with van der Waals surface area (Å²) >= 11 is 0. The minimum absolute atomic E-state index is 0.156. The third kappa shape index (κ3) is 4.65. The van der Waals surface area contributed by atoms with E-state index in [1.165, 1.54) is 18.4 Å². The molecule has 2 aromatic rings. The van der Waals surface area contributed by atoms with E-state index in [0.29, 0.717) is 12.2 Å². The van der Waals surface area contributed by atoms with Crippen molar-refractivity contribution in [2.75, 3.05) is 25.5 Å². The van der Waals surface area contributed by atoms with Crippen LogP contribution in [0.2, 0.25) is 0 Å². The number of fused-ring (bicyclic) bond motifs is 2. The van der Waals surface area contributed by atoms with Crippen molar-refractivity contribution in [2.24, 2.45) is 0 Å². The van der Waals surface area contributed by atoms with Crippen LogP contribution in [0.15, 0.2) is 55.0 Å². The Balaban J connectivity index is 1.17. The number of aromatic nitrogens is 1.